The van der Waals surface area contributed by atoms with Crippen molar-refractivity contribution in [3.8, 4) is 0 Å². The van der Waals surface area contributed by atoms with Gasteiger partial charge in [-0.3, -0.25) is 9.88 Å². The molecule has 0 bridgehead atoms. The van der Waals surface area contributed by atoms with Gasteiger partial charge in [0.25, 0.3) is 0 Å². The van der Waals surface area contributed by atoms with Crippen molar-refractivity contribution in [2.75, 3.05) is 13.1 Å². The van der Waals surface area contributed by atoms with Crippen LogP contribution in [0.5, 0.6) is 0 Å². The van der Waals surface area contributed by atoms with Crippen molar-refractivity contribution in [2.45, 2.75) is 52.2 Å². The molecule has 19 heavy (non-hydrogen) atoms. The quantitative estimate of drug-likeness (QED) is 0.883. The van der Waals surface area contributed by atoms with Crippen LogP contribution in [0.3, 0.4) is 0 Å². The van der Waals surface area contributed by atoms with Gasteiger partial charge in [0, 0.05) is 44.1 Å². The van der Waals surface area contributed by atoms with E-state index in [-0.39, 0.29) is 0 Å². The Bertz CT molecular complexity index is 364. The largest absolute Gasteiger partial charge is 0.311 e. The summed E-state index contributed by atoms with van der Waals surface area (Å²) in [7, 11) is 0. The number of hydrogen-bond donors (Lipinski definition) is 1. The number of nitrogens with zero attached hydrogens (tertiary/aromatic N) is 2. The molecule has 2 heterocycles. The van der Waals surface area contributed by atoms with Crippen LogP contribution >= 0.6 is 0 Å². The maximum absolute atomic E-state index is 4.10. The summed E-state index contributed by atoms with van der Waals surface area (Å²) in [5.41, 5.74) is 1.37. The monoisotopic (exact) mass is 261 g/mol. The average Bonchev–Trinajstić information content (AvgIpc) is 2.39. The van der Waals surface area contributed by atoms with Crippen molar-refractivity contribution >= 4 is 0 Å². The molecule has 0 aliphatic carbocycles. The van der Waals surface area contributed by atoms with Crippen molar-refractivity contribution in [1.29, 1.82) is 0 Å². The molecule has 1 aromatic heterocycles. The molecule has 1 saturated heterocycles. The van der Waals surface area contributed by atoms with E-state index >= 15 is 0 Å². The Hall–Kier alpha value is -0.930. The van der Waals surface area contributed by atoms with E-state index < -0.39 is 0 Å². The molecule has 0 saturated carbocycles. The van der Waals surface area contributed by atoms with Crippen LogP contribution in [0, 0.1) is 5.92 Å². The van der Waals surface area contributed by atoms with Gasteiger partial charge in [-0.2, -0.15) is 0 Å². The summed E-state index contributed by atoms with van der Waals surface area (Å²) in [5, 5.41) is 3.71. The highest BCUT2D eigenvalue weighted by Gasteiger charge is 2.26. The van der Waals surface area contributed by atoms with E-state index in [1.54, 1.807) is 0 Å². The lowest BCUT2D eigenvalue weighted by atomic mass is 9.98. The Kier molecular flexibility index (Phi) is 5.34. The van der Waals surface area contributed by atoms with E-state index in [4.69, 9.17) is 0 Å². The Labute approximate surface area is 117 Å². The summed E-state index contributed by atoms with van der Waals surface area (Å²) in [6, 6.07) is 5.57. The maximum atomic E-state index is 4.10. The second-order valence-corrected chi connectivity index (χ2v) is 6.08. The van der Waals surface area contributed by atoms with Crippen LogP contribution in [0.15, 0.2) is 24.5 Å². The minimum Gasteiger partial charge on any atom is -0.311 e. The predicted octanol–water partition coefficient (Wildman–Crippen LogP) is 2.68. The van der Waals surface area contributed by atoms with Gasteiger partial charge >= 0.3 is 0 Å². The standard InChI is InChI=1S/C16H27N3/c1-4-16-10-18-15(9-13(2)3)12-19(16)11-14-5-7-17-8-6-14/h5-8,13,15-16,18H,4,9-12H2,1-3H3. The average molecular weight is 261 g/mol. The summed E-state index contributed by atoms with van der Waals surface area (Å²) < 4.78 is 0. The summed E-state index contributed by atoms with van der Waals surface area (Å²) in [4.78, 5) is 6.74. The molecule has 106 valence electrons. The highest BCUT2D eigenvalue weighted by atomic mass is 15.2. The first-order valence-electron chi connectivity index (χ1n) is 7.55. The third-order valence-electron chi connectivity index (χ3n) is 3.98. The summed E-state index contributed by atoms with van der Waals surface area (Å²) >= 11 is 0. The van der Waals surface area contributed by atoms with Gasteiger partial charge in [-0.25, -0.2) is 0 Å². The van der Waals surface area contributed by atoms with Gasteiger partial charge in [-0.1, -0.05) is 20.8 Å². The number of rotatable bonds is 5. The molecule has 0 aromatic carbocycles. The molecule has 0 spiro atoms. The van der Waals surface area contributed by atoms with Crippen LogP contribution in [0.2, 0.25) is 0 Å². The second-order valence-electron chi connectivity index (χ2n) is 6.08. The number of pyridine rings is 1. The summed E-state index contributed by atoms with van der Waals surface area (Å²) in [5.74, 6) is 0.762. The van der Waals surface area contributed by atoms with E-state index in [0.717, 1.165) is 19.0 Å². The van der Waals surface area contributed by atoms with Gasteiger partial charge in [0.2, 0.25) is 0 Å². The zero-order valence-electron chi connectivity index (χ0n) is 12.5. The third kappa shape index (κ3) is 4.29. The van der Waals surface area contributed by atoms with Crippen molar-refractivity contribution in [1.82, 2.24) is 15.2 Å². The van der Waals surface area contributed by atoms with E-state index in [1.807, 2.05) is 12.4 Å². The molecule has 0 amide bonds. The van der Waals surface area contributed by atoms with Gasteiger partial charge in [0.15, 0.2) is 0 Å². The molecule has 2 rings (SSSR count). The van der Waals surface area contributed by atoms with Gasteiger partial charge in [0.1, 0.15) is 0 Å². The van der Waals surface area contributed by atoms with E-state index in [2.05, 4.69) is 48.1 Å². The van der Waals surface area contributed by atoms with Crippen LogP contribution in [0.4, 0.5) is 0 Å². The fourth-order valence-corrected chi connectivity index (χ4v) is 2.97. The van der Waals surface area contributed by atoms with Gasteiger partial charge in [-0.15, -0.1) is 0 Å². The normalized spacial score (nSPS) is 24.8. The number of hydrogen-bond acceptors (Lipinski definition) is 3. The maximum Gasteiger partial charge on any atom is 0.0271 e. The van der Waals surface area contributed by atoms with Crippen molar-refractivity contribution in [3.63, 3.8) is 0 Å². The van der Waals surface area contributed by atoms with Crippen LogP contribution in [-0.2, 0) is 6.54 Å². The second kappa shape index (κ2) is 7.01. The lowest BCUT2D eigenvalue weighted by Crippen LogP contribution is -2.56. The molecule has 1 aliphatic heterocycles. The zero-order valence-corrected chi connectivity index (χ0v) is 12.5. The van der Waals surface area contributed by atoms with E-state index in [0.29, 0.717) is 12.1 Å². The number of nitrogens with one attached hydrogen (secondary N) is 1. The minimum absolute atomic E-state index is 0.643. The van der Waals surface area contributed by atoms with Crippen molar-refractivity contribution in [2.24, 2.45) is 5.92 Å². The van der Waals surface area contributed by atoms with Crippen LogP contribution in [-0.4, -0.2) is 35.1 Å². The Morgan fingerprint density at radius 1 is 1.37 bits per heavy atom. The SMILES string of the molecule is CCC1CNC(CC(C)C)CN1Cc1ccncc1. The molecule has 1 aliphatic rings. The van der Waals surface area contributed by atoms with E-state index in [1.165, 1.54) is 24.9 Å². The number of aromatic nitrogens is 1. The van der Waals surface area contributed by atoms with Crippen LogP contribution < -0.4 is 5.32 Å². The smallest absolute Gasteiger partial charge is 0.0271 e. The van der Waals surface area contributed by atoms with Crippen LogP contribution in [0.25, 0.3) is 0 Å². The van der Waals surface area contributed by atoms with Gasteiger partial charge < -0.3 is 5.32 Å². The first-order chi connectivity index (χ1) is 9.19. The highest BCUT2D eigenvalue weighted by Crippen LogP contribution is 2.17. The van der Waals surface area contributed by atoms with Crippen molar-refractivity contribution < 1.29 is 0 Å². The zero-order chi connectivity index (χ0) is 13.7. The first-order valence-corrected chi connectivity index (χ1v) is 7.55. The third-order valence-corrected chi connectivity index (χ3v) is 3.98. The Balaban J connectivity index is 1.97. The molecule has 1 aromatic rings. The molecule has 1 fully saturated rings. The lowest BCUT2D eigenvalue weighted by molar-refractivity contribution is 0.111. The van der Waals surface area contributed by atoms with Gasteiger partial charge in [0.05, 0.1) is 0 Å². The molecule has 3 nitrogen and oxygen atoms in total. The molecule has 2 atom stereocenters. The lowest BCUT2D eigenvalue weighted by Gasteiger charge is -2.40. The molecular formula is C16H27N3. The summed E-state index contributed by atoms with van der Waals surface area (Å²) in [6.45, 7) is 10.2. The van der Waals surface area contributed by atoms with Crippen molar-refractivity contribution in [3.05, 3.63) is 30.1 Å². The molecule has 0 radical (unpaired) electrons. The fourth-order valence-electron chi connectivity index (χ4n) is 2.97. The van der Waals surface area contributed by atoms with E-state index in [9.17, 15) is 0 Å². The molecular weight excluding hydrogens is 234 g/mol. The Morgan fingerprint density at radius 2 is 2.11 bits per heavy atom. The number of piperazine rings is 1. The van der Waals surface area contributed by atoms with Gasteiger partial charge in [-0.05, 0) is 36.5 Å². The topological polar surface area (TPSA) is 28.2 Å². The minimum atomic E-state index is 0.643. The molecule has 3 heteroatoms. The van der Waals surface area contributed by atoms with Crippen LogP contribution in [0.1, 0.15) is 39.2 Å². The Morgan fingerprint density at radius 3 is 2.74 bits per heavy atom. The fraction of sp³-hybridized carbons (Fsp3) is 0.688. The highest BCUT2D eigenvalue weighted by molar-refractivity contribution is 5.10. The molecule has 2 unspecified atom stereocenters. The molecule has 1 N–H and O–H groups in total. The predicted molar refractivity (Wildman–Crippen MR) is 80.0 cm³/mol. The first kappa shape index (κ1) is 14.5. The summed E-state index contributed by atoms with van der Waals surface area (Å²) in [6.07, 6.45) is 6.27.